The zero-order valence-corrected chi connectivity index (χ0v) is 5.33. The Morgan fingerprint density at radius 3 is 1.44 bits per heavy atom. The fourth-order valence-electron chi connectivity index (χ4n) is 2.21. The average Bonchev–Trinajstić information content (AvgIpc) is 2.24. The zero-order valence-electron chi connectivity index (χ0n) is 5.33. The van der Waals surface area contributed by atoms with E-state index < -0.39 is 0 Å². The normalized spacial score (nSPS) is 56.7. The lowest BCUT2D eigenvalue weighted by Gasteiger charge is -2.19. The molecular weight excluding hydrogens is 116 g/mol. The molecule has 4 atom stereocenters. The van der Waals surface area contributed by atoms with E-state index in [2.05, 4.69) is 0 Å². The van der Waals surface area contributed by atoms with Gasteiger partial charge < -0.3 is 10.2 Å². The van der Waals surface area contributed by atoms with Crippen molar-refractivity contribution < 1.29 is 10.2 Å². The lowest BCUT2D eigenvalue weighted by molar-refractivity contribution is 0.0447. The van der Waals surface area contributed by atoms with Crippen LogP contribution in [0.25, 0.3) is 0 Å². The first-order valence-electron chi connectivity index (χ1n) is 3.63. The number of hydrogen-bond donors (Lipinski definition) is 2. The van der Waals surface area contributed by atoms with Crippen molar-refractivity contribution in [1.82, 2.24) is 0 Å². The van der Waals surface area contributed by atoms with Crippen molar-refractivity contribution in [3.63, 3.8) is 0 Å². The predicted octanol–water partition coefficient (Wildman–Crippen LogP) is 0.138. The van der Waals surface area contributed by atoms with E-state index in [1.807, 2.05) is 0 Å². The van der Waals surface area contributed by atoms with Crippen molar-refractivity contribution >= 4 is 0 Å². The molecule has 0 amide bonds. The Balaban J connectivity index is 2.10. The Morgan fingerprint density at radius 1 is 0.778 bits per heavy atom. The van der Waals surface area contributed by atoms with Gasteiger partial charge in [-0.05, 0) is 31.1 Å². The third kappa shape index (κ3) is 0.700. The molecule has 2 heteroatoms. The molecule has 2 aliphatic rings. The smallest absolute Gasteiger partial charge is 0.0573 e. The standard InChI is InChI=1S/C7H12O2/c8-6-2-4-1-5(6)3-7(4)9/h4-9H,1-3H2/t4-,5+,6-,7-/m0/s1. The van der Waals surface area contributed by atoms with E-state index >= 15 is 0 Å². The van der Waals surface area contributed by atoms with Crippen LogP contribution in [0.1, 0.15) is 19.3 Å². The van der Waals surface area contributed by atoms with Crippen LogP contribution in [0.15, 0.2) is 0 Å². The van der Waals surface area contributed by atoms with Gasteiger partial charge in [0.2, 0.25) is 0 Å². The Morgan fingerprint density at radius 2 is 1.22 bits per heavy atom. The quantitative estimate of drug-likeness (QED) is 0.487. The highest BCUT2D eigenvalue weighted by Crippen LogP contribution is 2.44. The van der Waals surface area contributed by atoms with E-state index in [9.17, 15) is 10.2 Å². The number of aliphatic hydroxyl groups is 2. The topological polar surface area (TPSA) is 40.5 Å². The van der Waals surface area contributed by atoms with E-state index in [-0.39, 0.29) is 12.2 Å². The van der Waals surface area contributed by atoms with Gasteiger partial charge in [0.15, 0.2) is 0 Å². The maximum absolute atomic E-state index is 9.23. The summed E-state index contributed by atoms with van der Waals surface area (Å²) in [7, 11) is 0. The average molecular weight is 128 g/mol. The van der Waals surface area contributed by atoms with Crippen LogP contribution < -0.4 is 0 Å². The van der Waals surface area contributed by atoms with Gasteiger partial charge in [-0.1, -0.05) is 0 Å². The maximum atomic E-state index is 9.23. The van der Waals surface area contributed by atoms with E-state index in [0.717, 1.165) is 19.3 Å². The van der Waals surface area contributed by atoms with Crippen LogP contribution in [0.2, 0.25) is 0 Å². The summed E-state index contributed by atoms with van der Waals surface area (Å²) < 4.78 is 0. The molecule has 0 saturated heterocycles. The second-order valence-electron chi connectivity index (χ2n) is 3.36. The molecule has 0 aromatic rings. The first kappa shape index (κ1) is 5.69. The van der Waals surface area contributed by atoms with Gasteiger partial charge in [-0.2, -0.15) is 0 Å². The van der Waals surface area contributed by atoms with E-state index in [4.69, 9.17) is 0 Å². The highest BCUT2D eigenvalue weighted by molar-refractivity contribution is 4.95. The van der Waals surface area contributed by atoms with Gasteiger partial charge in [0.25, 0.3) is 0 Å². The summed E-state index contributed by atoms with van der Waals surface area (Å²) >= 11 is 0. The molecule has 0 aliphatic heterocycles. The SMILES string of the molecule is O[C@H]1C[C@@H]2C[C@@H]1C[C@@H]2O. The molecule has 0 spiro atoms. The third-order valence-corrected chi connectivity index (χ3v) is 2.78. The minimum Gasteiger partial charge on any atom is -0.393 e. The molecular formula is C7H12O2. The second kappa shape index (κ2) is 1.70. The monoisotopic (exact) mass is 128 g/mol. The molecule has 0 radical (unpaired) electrons. The molecule has 9 heavy (non-hydrogen) atoms. The Labute approximate surface area is 54.5 Å². The van der Waals surface area contributed by atoms with Crippen LogP contribution in [-0.4, -0.2) is 22.4 Å². The van der Waals surface area contributed by atoms with Crippen molar-refractivity contribution in [2.45, 2.75) is 31.5 Å². The molecule has 2 saturated carbocycles. The van der Waals surface area contributed by atoms with Crippen LogP contribution in [0.3, 0.4) is 0 Å². The van der Waals surface area contributed by atoms with Crippen molar-refractivity contribution in [2.24, 2.45) is 11.8 Å². The summed E-state index contributed by atoms with van der Waals surface area (Å²) in [4.78, 5) is 0. The molecule has 52 valence electrons. The summed E-state index contributed by atoms with van der Waals surface area (Å²) in [6.07, 6.45) is 2.54. The van der Waals surface area contributed by atoms with Crippen LogP contribution in [0.5, 0.6) is 0 Å². The van der Waals surface area contributed by atoms with E-state index in [1.165, 1.54) is 0 Å². The largest absolute Gasteiger partial charge is 0.393 e. The lowest BCUT2D eigenvalue weighted by atomic mass is 9.95. The fraction of sp³-hybridized carbons (Fsp3) is 1.00. The highest BCUT2D eigenvalue weighted by Gasteiger charge is 2.44. The van der Waals surface area contributed by atoms with Gasteiger partial charge in [-0.25, -0.2) is 0 Å². The highest BCUT2D eigenvalue weighted by atomic mass is 16.3. The first-order valence-corrected chi connectivity index (χ1v) is 3.63. The van der Waals surface area contributed by atoms with Crippen molar-refractivity contribution in [3.8, 4) is 0 Å². The van der Waals surface area contributed by atoms with Gasteiger partial charge in [0, 0.05) is 0 Å². The Hall–Kier alpha value is -0.0800. The van der Waals surface area contributed by atoms with E-state index in [1.54, 1.807) is 0 Å². The zero-order chi connectivity index (χ0) is 6.43. The molecule has 2 N–H and O–H groups in total. The summed E-state index contributed by atoms with van der Waals surface area (Å²) in [5.41, 5.74) is 0. The first-order chi connectivity index (χ1) is 4.27. The van der Waals surface area contributed by atoms with Crippen LogP contribution >= 0.6 is 0 Å². The summed E-state index contributed by atoms with van der Waals surface area (Å²) in [6, 6.07) is 0. The minimum absolute atomic E-state index is 0.0987. The summed E-state index contributed by atoms with van der Waals surface area (Å²) in [6.45, 7) is 0. The molecule has 0 unspecified atom stereocenters. The van der Waals surface area contributed by atoms with Crippen molar-refractivity contribution in [2.75, 3.05) is 0 Å². The molecule has 0 aromatic heterocycles. The number of aliphatic hydroxyl groups excluding tert-OH is 2. The molecule has 2 aliphatic carbocycles. The van der Waals surface area contributed by atoms with Crippen molar-refractivity contribution in [1.29, 1.82) is 0 Å². The molecule has 0 heterocycles. The lowest BCUT2D eigenvalue weighted by Crippen LogP contribution is -2.24. The Bertz CT molecular complexity index is 106. The van der Waals surface area contributed by atoms with Crippen molar-refractivity contribution in [3.05, 3.63) is 0 Å². The molecule has 2 rings (SSSR count). The summed E-state index contributed by atoms with van der Waals surface area (Å²) in [5, 5.41) is 18.5. The van der Waals surface area contributed by atoms with Gasteiger partial charge >= 0.3 is 0 Å². The second-order valence-corrected chi connectivity index (χ2v) is 3.36. The summed E-state index contributed by atoms with van der Waals surface area (Å²) in [5.74, 6) is 0.843. The Kier molecular flexibility index (Phi) is 1.08. The van der Waals surface area contributed by atoms with E-state index in [0.29, 0.717) is 11.8 Å². The molecule has 2 bridgehead atoms. The minimum atomic E-state index is -0.0987. The molecule has 0 aromatic carbocycles. The molecule has 2 fully saturated rings. The number of hydrogen-bond acceptors (Lipinski definition) is 2. The van der Waals surface area contributed by atoms with Gasteiger partial charge in [0.1, 0.15) is 0 Å². The van der Waals surface area contributed by atoms with Crippen LogP contribution in [0.4, 0.5) is 0 Å². The van der Waals surface area contributed by atoms with Crippen LogP contribution in [0, 0.1) is 11.8 Å². The fourth-order valence-corrected chi connectivity index (χ4v) is 2.21. The molecule has 2 nitrogen and oxygen atoms in total. The number of rotatable bonds is 0. The van der Waals surface area contributed by atoms with Crippen LogP contribution in [-0.2, 0) is 0 Å². The number of fused-ring (bicyclic) bond motifs is 2. The van der Waals surface area contributed by atoms with Gasteiger partial charge in [0.05, 0.1) is 12.2 Å². The maximum Gasteiger partial charge on any atom is 0.0573 e. The van der Waals surface area contributed by atoms with Gasteiger partial charge in [-0.15, -0.1) is 0 Å². The predicted molar refractivity (Wildman–Crippen MR) is 32.8 cm³/mol. The van der Waals surface area contributed by atoms with Gasteiger partial charge in [-0.3, -0.25) is 0 Å². The third-order valence-electron chi connectivity index (χ3n) is 2.78.